The first-order valence-electron chi connectivity index (χ1n) is 7.24. The van der Waals surface area contributed by atoms with Gasteiger partial charge in [-0.05, 0) is 51.8 Å². The van der Waals surface area contributed by atoms with E-state index in [4.69, 9.17) is 16.3 Å². The molecule has 126 valence electrons. The number of rotatable bonds is 5. The van der Waals surface area contributed by atoms with Crippen LogP contribution in [0.4, 0.5) is 0 Å². The highest BCUT2D eigenvalue weighted by Gasteiger charge is 2.11. The summed E-state index contributed by atoms with van der Waals surface area (Å²) in [5.41, 5.74) is 1.06. The van der Waals surface area contributed by atoms with Gasteiger partial charge in [0.05, 0.1) is 7.11 Å². The monoisotopic (exact) mass is 439 g/mol. The number of hydrogen-bond donors (Lipinski definition) is 2. The van der Waals surface area contributed by atoms with Gasteiger partial charge in [-0.2, -0.15) is 0 Å². The maximum atomic E-state index is 6.23. The molecule has 0 saturated heterocycles. The van der Waals surface area contributed by atoms with E-state index in [0.717, 1.165) is 35.3 Å². The van der Waals surface area contributed by atoms with E-state index in [1.807, 2.05) is 18.2 Å². The zero-order valence-electron chi connectivity index (χ0n) is 14.0. The van der Waals surface area contributed by atoms with Gasteiger partial charge in [0.15, 0.2) is 5.96 Å². The van der Waals surface area contributed by atoms with E-state index in [0.29, 0.717) is 6.54 Å². The summed E-state index contributed by atoms with van der Waals surface area (Å²) in [6.45, 7) is 9.91. The van der Waals surface area contributed by atoms with E-state index in [-0.39, 0.29) is 29.5 Å². The summed E-state index contributed by atoms with van der Waals surface area (Å²) in [7, 11) is 1.64. The third kappa shape index (κ3) is 8.08. The van der Waals surface area contributed by atoms with E-state index in [2.05, 4.69) is 43.3 Å². The smallest absolute Gasteiger partial charge is 0.191 e. The lowest BCUT2D eigenvalue weighted by Gasteiger charge is -2.23. The van der Waals surface area contributed by atoms with Gasteiger partial charge < -0.3 is 15.4 Å². The Morgan fingerprint density at radius 1 is 1.32 bits per heavy atom. The molecule has 0 fully saturated rings. The van der Waals surface area contributed by atoms with Gasteiger partial charge in [-0.1, -0.05) is 17.7 Å². The molecule has 1 rings (SSSR count). The van der Waals surface area contributed by atoms with Crippen molar-refractivity contribution >= 4 is 41.5 Å². The summed E-state index contributed by atoms with van der Waals surface area (Å²) in [5, 5.41) is 7.33. The van der Waals surface area contributed by atoms with Crippen molar-refractivity contribution in [3.05, 3.63) is 28.8 Å². The van der Waals surface area contributed by atoms with Crippen LogP contribution in [-0.2, 0) is 6.42 Å². The third-order valence-electron chi connectivity index (χ3n) is 2.75. The lowest BCUT2D eigenvalue weighted by Crippen LogP contribution is -2.47. The van der Waals surface area contributed by atoms with E-state index in [9.17, 15) is 0 Å². The molecule has 1 aromatic rings. The number of guanidine groups is 1. The van der Waals surface area contributed by atoms with Crippen molar-refractivity contribution in [2.45, 2.75) is 39.7 Å². The molecule has 22 heavy (non-hydrogen) atoms. The number of benzene rings is 1. The minimum Gasteiger partial charge on any atom is -0.497 e. The maximum Gasteiger partial charge on any atom is 0.191 e. The molecular formula is C16H27ClIN3O. The molecule has 0 aromatic heterocycles. The second kappa shape index (κ2) is 10.2. The van der Waals surface area contributed by atoms with Gasteiger partial charge in [0.1, 0.15) is 5.75 Å². The van der Waals surface area contributed by atoms with Gasteiger partial charge in [-0.15, -0.1) is 24.0 Å². The largest absolute Gasteiger partial charge is 0.497 e. The second-order valence-corrected chi connectivity index (χ2v) is 6.25. The van der Waals surface area contributed by atoms with Crippen LogP contribution >= 0.6 is 35.6 Å². The Bertz CT molecular complexity index is 487. The molecule has 0 aliphatic carbocycles. The van der Waals surface area contributed by atoms with Crippen molar-refractivity contribution < 1.29 is 4.74 Å². The molecule has 0 unspecified atom stereocenters. The van der Waals surface area contributed by atoms with Crippen LogP contribution in [0.5, 0.6) is 5.75 Å². The zero-order valence-corrected chi connectivity index (χ0v) is 17.1. The lowest BCUT2D eigenvalue weighted by molar-refractivity contribution is 0.414. The minimum atomic E-state index is -0.0151. The highest BCUT2D eigenvalue weighted by molar-refractivity contribution is 14.0. The van der Waals surface area contributed by atoms with Crippen LogP contribution < -0.4 is 15.4 Å². The van der Waals surface area contributed by atoms with E-state index in [1.165, 1.54) is 0 Å². The van der Waals surface area contributed by atoms with Crippen molar-refractivity contribution in [1.82, 2.24) is 10.6 Å². The molecule has 0 aliphatic rings. The Hall–Kier alpha value is -0.690. The first kappa shape index (κ1) is 21.3. The molecule has 0 radical (unpaired) electrons. The molecule has 1 aromatic carbocycles. The zero-order chi connectivity index (χ0) is 15.9. The van der Waals surface area contributed by atoms with Crippen molar-refractivity contribution in [3.63, 3.8) is 0 Å². The number of hydrogen-bond acceptors (Lipinski definition) is 2. The van der Waals surface area contributed by atoms with Gasteiger partial charge >= 0.3 is 0 Å². The normalized spacial score (nSPS) is 11.6. The van der Waals surface area contributed by atoms with Gasteiger partial charge in [0.2, 0.25) is 0 Å². The van der Waals surface area contributed by atoms with Crippen molar-refractivity contribution in [1.29, 1.82) is 0 Å². The Kier molecular flexibility index (Phi) is 9.84. The molecule has 0 amide bonds. The van der Waals surface area contributed by atoms with Crippen LogP contribution in [0.3, 0.4) is 0 Å². The van der Waals surface area contributed by atoms with Gasteiger partial charge in [0, 0.05) is 23.7 Å². The van der Waals surface area contributed by atoms with Crippen LogP contribution in [-0.4, -0.2) is 31.7 Å². The molecular weight excluding hydrogens is 413 g/mol. The standard InChI is InChI=1S/C16H26ClN3O.HI/c1-6-18-15(20-16(2,3)4)19-10-9-12-7-8-13(21-5)11-14(12)17;/h7-8,11H,6,9-10H2,1-5H3,(H2,18,19,20);1H. The Labute approximate surface area is 156 Å². The minimum absolute atomic E-state index is 0. The SMILES string of the molecule is CCNC(=NCCc1ccc(OC)cc1Cl)NC(C)(C)C.I. The highest BCUT2D eigenvalue weighted by atomic mass is 127. The van der Waals surface area contributed by atoms with E-state index < -0.39 is 0 Å². The van der Waals surface area contributed by atoms with Crippen LogP contribution in [0, 0.1) is 0 Å². The summed E-state index contributed by atoms with van der Waals surface area (Å²) in [4.78, 5) is 4.58. The number of nitrogens with one attached hydrogen (secondary N) is 2. The molecule has 0 aliphatic heterocycles. The molecule has 2 N–H and O–H groups in total. The van der Waals surface area contributed by atoms with Crippen molar-refractivity contribution in [2.75, 3.05) is 20.2 Å². The molecule has 6 heteroatoms. The summed E-state index contributed by atoms with van der Waals surface area (Å²) >= 11 is 6.23. The van der Waals surface area contributed by atoms with Crippen LogP contribution in [0.1, 0.15) is 33.3 Å². The topological polar surface area (TPSA) is 45.7 Å². The number of halogens is 2. The first-order chi connectivity index (χ1) is 9.85. The van der Waals surface area contributed by atoms with Crippen LogP contribution in [0.15, 0.2) is 23.2 Å². The van der Waals surface area contributed by atoms with Gasteiger partial charge in [0.25, 0.3) is 0 Å². The highest BCUT2D eigenvalue weighted by Crippen LogP contribution is 2.22. The fourth-order valence-electron chi connectivity index (χ4n) is 1.81. The quantitative estimate of drug-likeness (QED) is 0.416. The predicted molar refractivity (Wildman–Crippen MR) is 106 cm³/mol. The van der Waals surface area contributed by atoms with Crippen molar-refractivity contribution in [2.24, 2.45) is 4.99 Å². The van der Waals surface area contributed by atoms with Crippen LogP contribution in [0.2, 0.25) is 5.02 Å². The Morgan fingerprint density at radius 3 is 2.50 bits per heavy atom. The van der Waals surface area contributed by atoms with E-state index >= 15 is 0 Å². The number of ether oxygens (including phenoxy) is 1. The lowest BCUT2D eigenvalue weighted by atomic mass is 10.1. The van der Waals surface area contributed by atoms with Gasteiger partial charge in [-0.25, -0.2) is 0 Å². The molecule has 4 nitrogen and oxygen atoms in total. The Balaban J connectivity index is 0.00000441. The summed E-state index contributed by atoms with van der Waals surface area (Å²) in [5.74, 6) is 1.60. The summed E-state index contributed by atoms with van der Waals surface area (Å²) in [6.07, 6.45) is 0.795. The van der Waals surface area contributed by atoms with Gasteiger partial charge in [-0.3, -0.25) is 4.99 Å². The second-order valence-electron chi connectivity index (χ2n) is 5.84. The summed E-state index contributed by atoms with van der Waals surface area (Å²) in [6, 6.07) is 5.74. The molecule has 0 spiro atoms. The fourth-order valence-corrected chi connectivity index (χ4v) is 2.07. The molecule has 0 bridgehead atoms. The van der Waals surface area contributed by atoms with E-state index in [1.54, 1.807) is 7.11 Å². The average Bonchev–Trinajstić information content (AvgIpc) is 2.39. The molecule has 0 atom stereocenters. The first-order valence-corrected chi connectivity index (χ1v) is 7.62. The van der Waals surface area contributed by atoms with Crippen molar-refractivity contribution in [3.8, 4) is 5.75 Å². The third-order valence-corrected chi connectivity index (χ3v) is 3.10. The fraction of sp³-hybridized carbons (Fsp3) is 0.562. The number of aliphatic imine (C=N–C) groups is 1. The predicted octanol–water partition coefficient (Wildman–Crippen LogP) is 3.86. The number of nitrogens with zero attached hydrogens (tertiary/aromatic N) is 1. The Morgan fingerprint density at radius 2 is 2.00 bits per heavy atom. The maximum absolute atomic E-state index is 6.23. The average molecular weight is 440 g/mol. The molecule has 0 saturated carbocycles. The van der Waals surface area contributed by atoms with Crippen LogP contribution in [0.25, 0.3) is 0 Å². The number of methoxy groups -OCH3 is 1. The molecule has 0 heterocycles. The summed E-state index contributed by atoms with van der Waals surface area (Å²) < 4.78 is 5.15.